The summed E-state index contributed by atoms with van der Waals surface area (Å²) in [5.41, 5.74) is 7.17. The second kappa shape index (κ2) is 3.56. The molecule has 0 aromatic carbocycles. The highest BCUT2D eigenvalue weighted by Gasteiger charge is 2.13. The zero-order chi connectivity index (χ0) is 10.0. The number of Topliss-reactive ketones (excluding diaryl/α,β-unsaturated/α-hetero) is 1. The van der Waals surface area contributed by atoms with Gasteiger partial charge in [0.15, 0.2) is 5.78 Å². The molecule has 0 atom stereocenters. The van der Waals surface area contributed by atoms with Gasteiger partial charge >= 0.3 is 0 Å². The molecule has 0 aliphatic heterocycles. The number of ketones is 1. The monoisotopic (exact) mass is 178 g/mol. The van der Waals surface area contributed by atoms with Gasteiger partial charge in [0.25, 0.3) is 0 Å². The summed E-state index contributed by atoms with van der Waals surface area (Å²) in [6.45, 7) is 5.57. The van der Waals surface area contributed by atoms with E-state index in [-0.39, 0.29) is 5.78 Å². The zero-order valence-corrected chi connectivity index (χ0v) is 8.16. The van der Waals surface area contributed by atoms with Crippen LogP contribution in [0.2, 0.25) is 0 Å². The van der Waals surface area contributed by atoms with Crippen LogP contribution in [0.4, 0.5) is 5.82 Å². The van der Waals surface area contributed by atoms with E-state index < -0.39 is 0 Å². The summed E-state index contributed by atoms with van der Waals surface area (Å²) < 4.78 is 0. The van der Waals surface area contributed by atoms with Crippen LogP contribution in [0.5, 0.6) is 0 Å². The summed E-state index contributed by atoms with van der Waals surface area (Å²) in [5, 5.41) is 0. The Labute approximate surface area is 78.0 Å². The standard InChI is InChI=1S/C10H14N2O/c1-6(2)8-4-5-12-10(11)9(8)7(3)13/h4-6H,1-3H3,(H2,11,12). The summed E-state index contributed by atoms with van der Waals surface area (Å²) in [7, 11) is 0. The van der Waals surface area contributed by atoms with Crippen molar-refractivity contribution in [2.75, 3.05) is 5.73 Å². The average Bonchev–Trinajstić information content (AvgIpc) is 2.02. The first-order valence-electron chi connectivity index (χ1n) is 4.29. The molecule has 0 aliphatic rings. The Morgan fingerprint density at radius 1 is 1.54 bits per heavy atom. The summed E-state index contributed by atoms with van der Waals surface area (Å²) in [4.78, 5) is 15.2. The van der Waals surface area contributed by atoms with Crippen LogP contribution in [0.3, 0.4) is 0 Å². The topological polar surface area (TPSA) is 56.0 Å². The molecule has 3 nitrogen and oxygen atoms in total. The Morgan fingerprint density at radius 3 is 2.54 bits per heavy atom. The summed E-state index contributed by atoms with van der Waals surface area (Å²) in [6, 6.07) is 1.84. The predicted octanol–water partition coefficient (Wildman–Crippen LogP) is 1.99. The molecule has 0 aliphatic carbocycles. The molecule has 0 bridgehead atoms. The molecule has 0 unspecified atom stereocenters. The van der Waals surface area contributed by atoms with Crippen LogP contribution in [-0.2, 0) is 0 Å². The smallest absolute Gasteiger partial charge is 0.163 e. The van der Waals surface area contributed by atoms with E-state index >= 15 is 0 Å². The quantitative estimate of drug-likeness (QED) is 0.704. The Balaban J connectivity index is 3.34. The maximum absolute atomic E-state index is 11.3. The van der Waals surface area contributed by atoms with Crippen LogP contribution in [0.1, 0.15) is 42.6 Å². The lowest BCUT2D eigenvalue weighted by Crippen LogP contribution is -2.07. The van der Waals surface area contributed by atoms with Gasteiger partial charge in [-0.3, -0.25) is 4.79 Å². The minimum atomic E-state index is -0.0192. The second-order valence-electron chi connectivity index (χ2n) is 3.37. The van der Waals surface area contributed by atoms with E-state index in [1.165, 1.54) is 6.92 Å². The number of aromatic nitrogens is 1. The van der Waals surface area contributed by atoms with Gasteiger partial charge in [0.05, 0.1) is 5.56 Å². The van der Waals surface area contributed by atoms with Crippen molar-refractivity contribution in [3.63, 3.8) is 0 Å². The number of carbonyl (C=O) groups is 1. The maximum atomic E-state index is 11.3. The van der Waals surface area contributed by atoms with Crippen molar-refractivity contribution in [3.05, 3.63) is 23.4 Å². The Morgan fingerprint density at radius 2 is 2.15 bits per heavy atom. The highest BCUT2D eigenvalue weighted by atomic mass is 16.1. The van der Waals surface area contributed by atoms with Gasteiger partial charge in [0.1, 0.15) is 5.82 Å². The number of nitrogens with zero attached hydrogens (tertiary/aromatic N) is 1. The Kier molecular flexibility index (Phi) is 2.66. The molecule has 0 amide bonds. The molecule has 13 heavy (non-hydrogen) atoms. The van der Waals surface area contributed by atoms with Crippen molar-refractivity contribution in [2.24, 2.45) is 0 Å². The summed E-state index contributed by atoms with van der Waals surface area (Å²) >= 11 is 0. The lowest BCUT2D eigenvalue weighted by atomic mass is 9.96. The predicted molar refractivity (Wildman–Crippen MR) is 52.7 cm³/mol. The fraction of sp³-hybridized carbons (Fsp3) is 0.400. The molecular weight excluding hydrogens is 164 g/mol. The van der Waals surface area contributed by atoms with E-state index in [1.807, 2.05) is 19.9 Å². The van der Waals surface area contributed by atoms with Crippen molar-refractivity contribution in [1.29, 1.82) is 0 Å². The normalized spacial score (nSPS) is 10.5. The van der Waals surface area contributed by atoms with E-state index in [4.69, 9.17) is 5.73 Å². The first kappa shape index (κ1) is 9.71. The highest BCUT2D eigenvalue weighted by molar-refractivity contribution is 5.99. The number of nitrogens with two attached hydrogens (primary N) is 1. The fourth-order valence-corrected chi connectivity index (χ4v) is 1.36. The van der Waals surface area contributed by atoms with E-state index in [0.29, 0.717) is 17.3 Å². The molecule has 0 saturated carbocycles. The molecule has 70 valence electrons. The van der Waals surface area contributed by atoms with Crippen LogP contribution in [0, 0.1) is 0 Å². The Hall–Kier alpha value is -1.38. The van der Waals surface area contributed by atoms with Crippen molar-refractivity contribution < 1.29 is 4.79 Å². The maximum Gasteiger partial charge on any atom is 0.163 e. The SMILES string of the molecule is CC(=O)c1c(C(C)C)ccnc1N. The van der Waals surface area contributed by atoms with Gasteiger partial charge in [-0.2, -0.15) is 0 Å². The third-order valence-electron chi connectivity index (χ3n) is 1.99. The lowest BCUT2D eigenvalue weighted by molar-refractivity contribution is 0.101. The average molecular weight is 178 g/mol. The molecule has 0 fully saturated rings. The first-order chi connectivity index (χ1) is 6.04. The van der Waals surface area contributed by atoms with Gasteiger partial charge in [0.2, 0.25) is 0 Å². The number of pyridine rings is 1. The van der Waals surface area contributed by atoms with Crippen LogP contribution < -0.4 is 5.73 Å². The number of rotatable bonds is 2. The molecule has 0 saturated heterocycles. The van der Waals surface area contributed by atoms with Crippen LogP contribution in [0.15, 0.2) is 12.3 Å². The van der Waals surface area contributed by atoms with Gasteiger partial charge in [-0.15, -0.1) is 0 Å². The van der Waals surface area contributed by atoms with Gasteiger partial charge in [-0.05, 0) is 24.5 Å². The molecular formula is C10H14N2O. The van der Waals surface area contributed by atoms with Gasteiger partial charge in [-0.1, -0.05) is 13.8 Å². The summed E-state index contributed by atoms with van der Waals surface area (Å²) in [5.74, 6) is 0.609. The molecule has 1 rings (SSSR count). The van der Waals surface area contributed by atoms with E-state index in [0.717, 1.165) is 5.56 Å². The summed E-state index contributed by atoms with van der Waals surface area (Å²) in [6.07, 6.45) is 1.64. The number of hydrogen-bond donors (Lipinski definition) is 1. The molecule has 1 aromatic heterocycles. The Bertz CT molecular complexity index is 332. The van der Waals surface area contributed by atoms with Gasteiger partial charge in [0, 0.05) is 6.20 Å². The van der Waals surface area contributed by atoms with Crippen molar-refractivity contribution in [1.82, 2.24) is 4.98 Å². The molecule has 1 aromatic rings. The molecule has 0 radical (unpaired) electrons. The molecule has 1 heterocycles. The second-order valence-corrected chi connectivity index (χ2v) is 3.37. The minimum absolute atomic E-state index is 0.0192. The van der Waals surface area contributed by atoms with E-state index in [2.05, 4.69) is 4.98 Å². The number of hydrogen-bond acceptors (Lipinski definition) is 3. The van der Waals surface area contributed by atoms with Crippen LogP contribution in [-0.4, -0.2) is 10.8 Å². The largest absolute Gasteiger partial charge is 0.383 e. The van der Waals surface area contributed by atoms with E-state index in [9.17, 15) is 4.79 Å². The van der Waals surface area contributed by atoms with Crippen LogP contribution in [0.25, 0.3) is 0 Å². The number of nitrogen functional groups attached to an aromatic ring is 1. The first-order valence-corrected chi connectivity index (χ1v) is 4.29. The fourth-order valence-electron chi connectivity index (χ4n) is 1.36. The van der Waals surface area contributed by atoms with E-state index in [1.54, 1.807) is 6.20 Å². The third-order valence-corrected chi connectivity index (χ3v) is 1.99. The van der Waals surface area contributed by atoms with Crippen molar-refractivity contribution in [3.8, 4) is 0 Å². The van der Waals surface area contributed by atoms with Gasteiger partial charge in [-0.25, -0.2) is 4.98 Å². The third kappa shape index (κ3) is 1.86. The molecule has 0 spiro atoms. The molecule has 2 N–H and O–H groups in total. The number of anilines is 1. The van der Waals surface area contributed by atoms with Crippen molar-refractivity contribution >= 4 is 11.6 Å². The van der Waals surface area contributed by atoms with Gasteiger partial charge < -0.3 is 5.73 Å². The highest BCUT2D eigenvalue weighted by Crippen LogP contribution is 2.22. The molecule has 3 heteroatoms. The number of carbonyl (C=O) groups excluding carboxylic acids is 1. The van der Waals surface area contributed by atoms with Crippen LogP contribution >= 0.6 is 0 Å². The lowest BCUT2D eigenvalue weighted by Gasteiger charge is -2.11. The minimum Gasteiger partial charge on any atom is -0.383 e. The van der Waals surface area contributed by atoms with Crippen molar-refractivity contribution in [2.45, 2.75) is 26.7 Å². The zero-order valence-electron chi connectivity index (χ0n) is 8.16.